The molecule has 1 rings (SSSR count). The van der Waals surface area contributed by atoms with Crippen LogP contribution in [0.2, 0.25) is 0 Å². The number of morpholine rings is 1. The van der Waals surface area contributed by atoms with E-state index in [9.17, 15) is 0 Å². The van der Waals surface area contributed by atoms with Crippen molar-refractivity contribution in [1.29, 1.82) is 0 Å². The highest BCUT2D eigenvalue weighted by atomic mass is 16.5. The van der Waals surface area contributed by atoms with Gasteiger partial charge in [0.2, 0.25) is 0 Å². The smallest absolute Gasteiger partial charge is 0.0674 e. The largest absolute Gasteiger partial charge is 0.376 e. The fourth-order valence-electron chi connectivity index (χ4n) is 2.90. The van der Waals surface area contributed by atoms with Crippen molar-refractivity contribution in [3.8, 4) is 0 Å². The molecular formula is C16H34N2O. The van der Waals surface area contributed by atoms with E-state index in [1.807, 2.05) is 0 Å². The second-order valence-corrected chi connectivity index (χ2v) is 5.90. The van der Waals surface area contributed by atoms with Crippen molar-refractivity contribution in [2.24, 2.45) is 0 Å². The van der Waals surface area contributed by atoms with Crippen LogP contribution in [0.3, 0.4) is 0 Å². The molecule has 0 amide bonds. The van der Waals surface area contributed by atoms with Gasteiger partial charge in [-0.3, -0.25) is 4.90 Å². The third kappa shape index (κ3) is 6.24. The van der Waals surface area contributed by atoms with Gasteiger partial charge in [0.1, 0.15) is 0 Å². The number of nitrogens with one attached hydrogen (secondary N) is 1. The molecule has 0 aromatic carbocycles. The summed E-state index contributed by atoms with van der Waals surface area (Å²) in [5.41, 5.74) is 0. The molecule has 0 bridgehead atoms. The first kappa shape index (κ1) is 16.9. The Morgan fingerprint density at radius 2 is 2.11 bits per heavy atom. The highest BCUT2D eigenvalue weighted by Crippen LogP contribution is 2.15. The maximum atomic E-state index is 5.76. The summed E-state index contributed by atoms with van der Waals surface area (Å²) in [6.07, 6.45) is 6.70. The quantitative estimate of drug-likeness (QED) is 0.697. The maximum Gasteiger partial charge on any atom is 0.0674 e. The summed E-state index contributed by atoms with van der Waals surface area (Å²) < 4.78 is 5.76. The zero-order valence-electron chi connectivity index (χ0n) is 13.5. The van der Waals surface area contributed by atoms with Gasteiger partial charge in [-0.05, 0) is 52.1 Å². The van der Waals surface area contributed by atoms with E-state index in [4.69, 9.17) is 4.74 Å². The Kier molecular flexibility index (Phi) is 8.67. The molecule has 0 aliphatic carbocycles. The highest BCUT2D eigenvalue weighted by Gasteiger charge is 2.24. The van der Waals surface area contributed by atoms with E-state index in [1.54, 1.807) is 0 Å². The Bertz CT molecular complexity index is 223. The van der Waals surface area contributed by atoms with E-state index >= 15 is 0 Å². The van der Waals surface area contributed by atoms with Crippen molar-refractivity contribution in [1.82, 2.24) is 10.2 Å². The molecule has 0 aromatic rings. The predicted octanol–water partition coefficient (Wildman–Crippen LogP) is 3.04. The topological polar surface area (TPSA) is 24.5 Å². The number of hydrogen-bond donors (Lipinski definition) is 1. The molecule has 0 saturated carbocycles. The lowest BCUT2D eigenvalue weighted by Gasteiger charge is -2.38. The van der Waals surface area contributed by atoms with Gasteiger partial charge < -0.3 is 10.1 Å². The van der Waals surface area contributed by atoms with Crippen molar-refractivity contribution >= 4 is 0 Å². The van der Waals surface area contributed by atoms with Crippen LogP contribution in [0.15, 0.2) is 0 Å². The molecule has 19 heavy (non-hydrogen) atoms. The molecule has 1 N–H and O–H groups in total. The van der Waals surface area contributed by atoms with Gasteiger partial charge in [0.15, 0.2) is 0 Å². The van der Waals surface area contributed by atoms with Gasteiger partial charge in [0.25, 0.3) is 0 Å². The van der Waals surface area contributed by atoms with Gasteiger partial charge >= 0.3 is 0 Å². The molecule has 3 nitrogen and oxygen atoms in total. The van der Waals surface area contributed by atoms with Crippen LogP contribution in [0, 0.1) is 0 Å². The second-order valence-electron chi connectivity index (χ2n) is 5.90. The van der Waals surface area contributed by atoms with Gasteiger partial charge in [-0.2, -0.15) is 0 Å². The Morgan fingerprint density at radius 3 is 2.74 bits per heavy atom. The van der Waals surface area contributed by atoms with Gasteiger partial charge in [-0.25, -0.2) is 0 Å². The lowest BCUT2D eigenvalue weighted by atomic mass is 10.1. The van der Waals surface area contributed by atoms with Crippen LogP contribution in [0.25, 0.3) is 0 Å². The van der Waals surface area contributed by atoms with Crippen LogP contribution in [-0.2, 0) is 4.74 Å². The fourth-order valence-corrected chi connectivity index (χ4v) is 2.90. The molecule has 3 atom stereocenters. The zero-order chi connectivity index (χ0) is 14.1. The average Bonchev–Trinajstić information content (AvgIpc) is 2.43. The molecule has 0 radical (unpaired) electrons. The van der Waals surface area contributed by atoms with E-state index < -0.39 is 0 Å². The summed E-state index contributed by atoms with van der Waals surface area (Å²) in [5.74, 6) is 0. The average molecular weight is 270 g/mol. The summed E-state index contributed by atoms with van der Waals surface area (Å²) in [5, 5.41) is 3.65. The Balaban J connectivity index is 2.25. The van der Waals surface area contributed by atoms with Crippen molar-refractivity contribution in [2.75, 3.05) is 26.2 Å². The molecule has 1 saturated heterocycles. The molecule has 1 aliphatic heterocycles. The van der Waals surface area contributed by atoms with Crippen LogP contribution in [0.5, 0.6) is 0 Å². The van der Waals surface area contributed by atoms with Crippen LogP contribution in [0.4, 0.5) is 0 Å². The van der Waals surface area contributed by atoms with Crippen molar-refractivity contribution in [3.05, 3.63) is 0 Å². The lowest BCUT2D eigenvalue weighted by Crippen LogP contribution is -2.48. The molecule has 3 unspecified atom stereocenters. The molecule has 1 heterocycles. The first-order valence-electron chi connectivity index (χ1n) is 8.30. The van der Waals surface area contributed by atoms with E-state index in [1.165, 1.54) is 38.6 Å². The summed E-state index contributed by atoms with van der Waals surface area (Å²) in [6.45, 7) is 13.4. The first-order chi connectivity index (χ1) is 9.21. The molecular weight excluding hydrogens is 236 g/mol. The number of rotatable bonds is 9. The summed E-state index contributed by atoms with van der Waals surface area (Å²) in [7, 11) is 0. The molecule has 3 heteroatoms. The van der Waals surface area contributed by atoms with Crippen LogP contribution in [-0.4, -0.2) is 49.3 Å². The second kappa shape index (κ2) is 9.73. The molecule has 1 fully saturated rings. The first-order valence-corrected chi connectivity index (χ1v) is 8.30. The highest BCUT2D eigenvalue weighted by molar-refractivity contribution is 4.78. The normalized spacial score (nSPS) is 26.5. The Morgan fingerprint density at radius 1 is 1.32 bits per heavy atom. The monoisotopic (exact) mass is 270 g/mol. The van der Waals surface area contributed by atoms with Crippen molar-refractivity contribution in [3.63, 3.8) is 0 Å². The van der Waals surface area contributed by atoms with Gasteiger partial charge in [-0.15, -0.1) is 0 Å². The third-order valence-electron chi connectivity index (χ3n) is 4.23. The minimum absolute atomic E-state index is 0.406. The maximum absolute atomic E-state index is 5.76. The SMILES string of the molecule is CCCNC(CC)CCCN1CC(C)OCC1CC. The van der Waals surface area contributed by atoms with Gasteiger partial charge in [0.05, 0.1) is 12.7 Å². The summed E-state index contributed by atoms with van der Waals surface area (Å²) >= 11 is 0. The van der Waals surface area contributed by atoms with Gasteiger partial charge in [0, 0.05) is 18.6 Å². The number of hydrogen-bond acceptors (Lipinski definition) is 3. The summed E-state index contributed by atoms with van der Waals surface area (Å²) in [4.78, 5) is 2.64. The minimum Gasteiger partial charge on any atom is -0.376 e. The van der Waals surface area contributed by atoms with Crippen molar-refractivity contribution in [2.45, 2.75) is 78.0 Å². The van der Waals surface area contributed by atoms with Crippen LogP contribution >= 0.6 is 0 Å². The van der Waals surface area contributed by atoms with E-state index in [0.29, 0.717) is 18.2 Å². The molecule has 0 spiro atoms. The molecule has 1 aliphatic rings. The van der Waals surface area contributed by atoms with E-state index in [0.717, 1.165) is 19.7 Å². The van der Waals surface area contributed by atoms with Gasteiger partial charge in [-0.1, -0.05) is 20.8 Å². The number of nitrogens with zero attached hydrogens (tertiary/aromatic N) is 1. The van der Waals surface area contributed by atoms with Crippen LogP contribution < -0.4 is 5.32 Å². The molecule has 0 aromatic heterocycles. The minimum atomic E-state index is 0.406. The zero-order valence-corrected chi connectivity index (χ0v) is 13.5. The van der Waals surface area contributed by atoms with E-state index in [2.05, 4.69) is 37.9 Å². The Labute approximate surface area is 120 Å². The fraction of sp³-hybridized carbons (Fsp3) is 1.00. The van der Waals surface area contributed by atoms with E-state index in [-0.39, 0.29) is 0 Å². The lowest BCUT2D eigenvalue weighted by molar-refractivity contribution is -0.0562. The number of ether oxygens (including phenoxy) is 1. The standard InChI is InChI=1S/C16H34N2O/c1-5-10-17-15(6-2)9-8-11-18-12-14(4)19-13-16(18)7-3/h14-17H,5-13H2,1-4H3. The Hall–Kier alpha value is -0.120. The predicted molar refractivity (Wildman–Crippen MR) is 82.7 cm³/mol. The van der Waals surface area contributed by atoms with Crippen molar-refractivity contribution < 1.29 is 4.74 Å². The third-order valence-corrected chi connectivity index (χ3v) is 4.23. The summed E-state index contributed by atoms with van der Waals surface area (Å²) in [6, 6.07) is 1.35. The van der Waals surface area contributed by atoms with Crippen LogP contribution in [0.1, 0.15) is 59.8 Å². The molecule has 114 valence electrons.